The summed E-state index contributed by atoms with van der Waals surface area (Å²) in [5.41, 5.74) is 1.00. The molecule has 1 aromatic heterocycles. The Morgan fingerprint density at radius 2 is 2.06 bits per heavy atom. The fraction of sp³-hybridized carbons (Fsp3) is 0.182. The Kier molecular flexibility index (Phi) is 2.68. The number of hydrogen-bond donors (Lipinski definition) is 1. The third kappa shape index (κ3) is 1.93. The number of aromatic carboxylic acids is 1. The Bertz CT molecular complexity index is 493. The molecule has 0 spiro atoms. The van der Waals surface area contributed by atoms with E-state index in [9.17, 15) is 4.79 Å². The highest BCUT2D eigenvalue weighted by Crippen LogP contribution is 2.21. The molecule has 5 nitrogen and oxygen atoms in total. The quantitative estimate of drug-likeness (QED) is 0.851. The van der Waals surface area contributed by atoms with E-state index in [-0.39, 0.29) is 11.7 Å². The first-order valence-electron chi connectivity index (χ1n) is 4.80. The molecule has 1 N–H and O–H groups in total. The number of benzene rings is 1. The van der Waals surface area contributed by atoms with E-state index in [1.165, 1.54) is 0 Å². The zero-order chi connectivity index (χ0) is 11.5. The zero-order valence-electron chi connectivity index (χ0n) is 8.62. The summed E-state index contributed by atoms with van der Waals surface area (Å²) in [4.78, 5) is 14.4. The number of nitrogens with zero attached hydrogens (tertiary/aromatic N) is 2. The van der Waals surface area contributed by atoms with Crippen molar-refractivity contribution >= 4 is 5.97 Å². The van der Waals surface area contributed by atoms with Crippen LogP contribution >= 0.6 is 0 Å². The molecule has 1 atom stereocenters. The summed E-state index contributed by atoms with van der Waals surface area (Å²) in [6.07, 6.45) is 0. The maximum absolute atomic E-state index is 10.6. The molecule has 2 aromatic rings. The summed E-state index contributed by atoms with van der Waals surface area (Å²) in [6.45, 7) is 1.88. The van der Waals surface area contributed by atoms with E-state index in [1.807, 2.05) is 37.3 Å². The minimum Gasteiger partial charge on any atom is -0.475 e. The molecule has 1 unspecified atom stereocenters. The summed E-state index contributed by atoms with van der Waals surface area (Å²) >= 11 is 0. The topological polar surface area (TPSA) is 76.2 Å². The van der Waals surface area contributed by atoms with Crippen molar-refractivity contribution in [3.05, 3.63) is 47.6 Å². The Morgan fingerprint density at radius 3 is 2.62 bits per heavy atom. The van der Waals surface area contributed by atoms with Gasteiger partial charge in [0.2, 0.25) is 5.89 Å². The molecule has 0 saturated carbocycles. The fourth-order valence-electron chi connectivity index (χ4n) is 1.38. The first-order chi connectivity index (χ1) is 7.68. The van der Waals surface area contributed by atoms with E-state index in [1.54, 1.807) is 0 Å². The van der Waals surface area contributed by atoms with Gasteiger partial charge >= 0.3 is 5.97 Å². The van der Waals surface area contributed by atoms with Crippen molar-refractivity contribution < 1.29 is 14.4 Å². The number of aromatic nitrogens is 2. The number of rotatable bonds is 3. The van der Waals surface area contributed by atoms with Crippen LogP contribution in [-0.2, 0) is 0 Å². The largest absolute Gasteiger partial charge is 0.475 e. The lowest BCUT2D eigenvalue weighted by Crippen LogP contribution is -2.00. The molecule has 2 rings (SSSR count). The minimum atomic E-state index is -1.18. The van der Waals surface area contributed by atoms with Crippen LogP contribution < -0.4 is 0 Å². The monoisotopic (exact) mass is 218 g/mol. The number of carboxylic acid groups (broad SMARTS) is 1. The summed E-state index contributed by atoms with van der Waals surface area (Å²) < 4.78 is 4.90. The van der Waals surface area contributed by atoms with Crippen LogP contribution in [0.2, 0.25) is 0 Å². The van der Waals surface area contributed by atoms with E-state index in [0.29, 0.717) is 5.89 Å². The predicted octanol–water partition coefficient (Wildman–Crippen LogP) is 1.92. The van der Waals surface area contributed by atoms with Crippen LogP contribution in [0.5, 0.6) is 0 Å². The van der Waals surface area contributed by atoms with Crippen LogP contribution in [0, 0.1) is 0 Å². The molecule has 0 saturated heterocycles. The lowest BCUT2D eigenvalue weighted by molar-refractivity contribution is 0.0680. The van der Waals surface area contributed by atoms with Crippen molar-refractivity contribution in [3.8, 4) is 0 Å². The van der Waals surface area contributed by atoms with Gasteiger partial charge in [0.25, 0.3) is 5.82 Å². The number of carbonyl (C=O) groups is 1. The Hall–Kier alpha value is -2.17. The Morgan fingerprint density at radius 1 is 1.38 bits per heavy atom. The van der Waals surface area contributed by atoms with Crippen LogP contribution in [0.1, 0.15) is 34.9 Å². The molecule has 1 heterocycles. The van der Waals surface area contributed by atoms with Gasteiger partial charge in [-0.05, 0) is 17.6 Å². The fourth-order valence-corrected chi connectivity index (χ4v) is 1.38. The van der Waals surface area contributed by atoms with Gasteiger partial charge in [0.15, 0.2) is 0 Å². The molecule has 0 aliphatic carbocycles. The van der Waals surface area contributed by atoms with Gasteiger partial charge in [0, 0.05) is 0 Å². The molecular weight excluding hydrogens is 208 g/mol. The molecule has 82 valence electrons. The average Bonchev–Trinajstić information content (AvgIpc) is 2.78. The molecule has 0 fully saturated rings. The highest BCUT2D eigenvalue weighted by atomic mass is 16.5. The maximum Gasteiger partial charge on any atom is 0.377 e. The lowest BCUT2D eigenvalue weighted by Gasteiger charge is -2.05. The SMILES string of the molecule is CC(c1ccccc1)c1nc(C(=O)O)no1. The van der Waals surface area contributed by atoms with Crippen LogP contribution in [0.15, 0.2) is 34.9 Å². The standard InChI is InChI=1S/C11H10N2O3/c1-7(8-5-3-2-4-6-8)10-12-9(11(14)15)13-16-10/h2-7H,1H3,(H,14,15). The third-order valence-corrected chi connectivity index (χ3v) is 2.30. The van der Waals surface area contributed by atoms with E-state index < -0.39 is 5.97 Å². The number of carboxylic acids is 1. The second-order valence-corrected chi connectivity index (χ2v) is 3.39. The molecule has 0 radical (unpaired) electrons. The van der Waals surface area contributed by atoms with Crippen molar-refractivity contribution in [2.75, 3.05) is 0 Å². The molecule has 0 aliphatic heterocycles. The second-order valence-electron chi connectivity index (χ2n) is 3.39. The van der Waals surface area contributed by atoms with Gasteiger partial charge in [0.1, 0.15) is 0 Å². The molecule has 0 amide bonds. The van der Waals surface area contributed by atoms with Gasteiger partial charge in [-0.15, -0.1) is 0 Å². The summed E-state index contributed by atoms with van der Waals surface area (Å²) in [5.74, 6) is -1.29. The van der Waals surface area contributed by atoms with Crippen molar-refractivity contribution in [1.82, 2.24) is 10.1 Å². The van der Waals surface area contributed by atoms with Crippen LogP contribution in [-0.4, -0.2) is 21.2 Å². The van der Waals surface area contributed by atoms with Gasteiger partial charge in [-0.1, -0.05) is 30.3 Å². The summed E-state index contributed by atoms with van der Waals surface area (Å²) in [6, 6.07) is 9.57. The Balaban J connectivity index is 2.27. The Labute approximate surface area is 91.7 Å². The zero-order valence-corrected chi connectivity index (χ0v) is 8.62. The molecule has 1 aromatic carbocycles. The van der Waals surface area contributed by atoms with Gasteiger partial charge in [-0.3, -0.25) is 0 Å². The van der Waals surface area contributed by atoms with Gasteiger partial charge < -0.3 is 9.63 Å². The third-order valence-electron chi connectivity index (χ3n) is 2.30. The smallest absolute Gasteiger partial charge is 0.377 e. The van der Waals surface area contributed by atoms with Gasteiger partial charge in [-0.25, -0.2) is 4.79 Å². The molecule has 0 aliphatic rings. The molecule has 0 bridgehead atoms. The summed E-state index contributed by atoms with van der Waals surface area (Å²) in [7, 11) is 0. The summed E-state index contributed by atoms with van der Waals surface area (Å²) in [5, 5.41) is 12.0. The van der Waals surface area contributed by atoms with Crippen molar-refractivity contribution in [2.45, 2.75) is 12.8 Å². The van der Waals surface area contributed by atoms with Crippen molar-refractivity contribution in [1.29, 1.82) is 0 Å². The van der Waals surface area contributed by atoms with E-state index in [4.69, 9.17) is 9.63 Å². The average molecular weight is 218 g/mol. The minimum absolute atomic E-state index is 0.109. The van der Waals surface area contributed by atoms with Crippen molar-refractivity contribution in [2.24, 2.45) is 0 Å². The van der Waals surface area contributed by atoms with Crippen LogP contribution in [0.25, 0.3) is 0 Å². The normalized spacial score (nSPS) is 12.3. The van der Waals surface area contributed by atoms with Crippen LogP contribution in [0.4, 0.5) is 0 Å². The van der Waals surface area contributed by atoms with Crippen LogP contribution in [0.3, 0.4) is 0 Å². The first kappa shape index (κ1) is 10.4. The predicted molar refractivity (Wildman–Crippen MR) is 55.2 cm³/mol. The number of hydrogen-bond acceptors (Lipinski definition) is 4. The highest BCUT2D eigenvalue weighted by Gasteiger charge is 2.18. The van der Waals surface area contributed by atoms with E-state index in [2.05, 4.69) is 10.1 Å². The van der Waals surface area contributed by atoms with E-state index in [0.717, 1.165) is 5.56 Å². The molecular formula is C11H10N2O3. The maximum atomic E-state index is 10.6. The lowest BCUT2D eigenvalue weighted by atomic mass is 10.0. The second kappa shape index (κ2) is 4.14. The van der Waals surface area contributed by atoms with Gasteiger partial charge in [0.05, 0.1) is 5.92 Å². The first-order valence-corrected chi connectivity index (χ1v) is 4.80. The molecule has 5 heteroatoms. The van der Waals surface area contributed by atoms with Gasteiger partial charge in [-0.2, -0.15) is 4.98 Å². The highest BCUT2D eigenvalue weighted by molar-refractivity contribution is 5.82. The van der Waals surface area contributed by atoms with E-state index >= 15 is 0 Å². The molecule has 16 heavy (non-hydrogen) atoms. The van der Waals surface area contributed by atoms with Crippen molar-refractivity contribution in [3.63, 3.8) is 0 Å².